The van der Waals surface area contributed by atoms with E-state index in [0.29, 0.717) is 0 Å². The van der Waals surface area contributed by atoms with Crippen LogP contribution in [0.2, 0.25) is 0 Å². The number of halogens is 1. The molecule has 13 heavy (non-hydrogen) atoms. The van der Waals surface area contributed by atoms with Crippen LogP contribution in [0.4, 0.5) is 0 Å². The Morgan fingerprint density at radius 1 is 1.38 bits per heavy atom. The first kappa shape index (κ1) is 9.81. The highest BCUT2D eigenvalue weighted by Crippen LogP contribution is 1.99. The van der Waals surface area contributed by atoms with Crippen molar-refractivity contribution < 1.29 is 4.79 Å². The van der Waals surface area contributed by atoms with Crippen molar-refractivity contribution in [3.63, 3.8) is 0 Å². The Bertz CT molecular complexity index is 295. The zero-order valence-corrected chi connectivity index (χ0v) is 7.79. The number of nitrogens with one attached hydrogen (secondary N) is 1. The maximum Gasteiger partial charge on any atom is 0.238 e. The Morgan fingerprint density at radius 2 is 2.08 bits per heavy atom. The van der Waals surface area contributed by atoms with E-state index in [4.69, 9.17) is 11.6 Å². The lowest BCUT2D eigenvalue weighted by Gasteiger charge is -1.93. The largest absolute Gasteiger partial charge is 0.332 e. The Labute approximate surface area is 82.2 Å². The van der Waals surface area contributed by atoms with E-state index in [0.717, 1.165) is 5.56 Å². The standard InChI is InChI=1S/C10H10ClNO/c11-8-10(13)12-7-6-9-4-2-1-3-5-9/h1-7H,8H2,(H,12,13). The maximum absolute atomic E-state index is 10.7. The molecule has 0 fully saturated rings. The molecule has 68 valence electrons. The van der Waals surface area contributed by atoms with Crippen molar-refractivity contribution in [1.29, 1.82) is 0 Å². The van der Waals surface area contributed by atoms with Crippen LogP contribution in [0, 0.1) is 0 Å². The zero-order valence-electron chi connectivity index (χ0n) is 7.03. The minimum Gasteiger partial charge on any atom is -0.332 e. The number of alkyl halides is 1. The van der Waals surface area contributed by atoms with E-state index in [1.165, 1.54) is 0 Å². The summed E-state index contributed by atoms with van der Waals surface area (Å²) >= 11 is 5.29. The van der Waals surface area contributed by atoms with Gasteiger partial charge in [0.15, 0.2) is 0 Å². The van der Waals surface area contributed by atoms with Crippen molar-refractivity contribution in [3.05, 3.63) is 42.1 Å². The van der Waals surface area contributed by atoms with Gasteiger partial charge >= 0.3 is 0 Å². The number of rotatable bonds is 3. The number of benzene rings is 1. The minimum absolute atomic E-state index is 0.0148. The Kier molecular flexibility index (Phi) is 4.06. The fraction of sp³-hybridized carbons (Fsp3) is 0.100. The summed E-state index contributed by atoms with van der Waals surface area (Å²) in [6, 6.07) is 9.70. The SMILES string of the molecule is O=C(CCl)NC=Cc1ccccc1. The smallest absolute Gasteiger partial charge is 0.238 e. The van der Waals surface area contributed by atoms with Crippen LogP contribution >= 0.6 is 11.6 Å². The topological polar surface area (TPSA) is 29.1 Å². The number of hydrogen-bond donors (Lipinski definition) is 1. The van der Waals surface area contributed by atoms with Gasteiger partial charge in [0.05, 0.1) is 0 Å². The predicted octanol–water partition coefficient (Wildman–Crippen LogP) is 2.01. The molecular formula is C10H10ClNO. The van der Waals surface area contributed by atoms with Crippen LogP contribution in [0.15, 0.2) is 36.5 Å². The third-order valence-corrected chi connectivity index (χ3v) is 1.68. The molecule has 0 radical (unpaired) electrons. The average Bonchev–Trinajstić information content (AvgIpc) is 2.19. The maximum atomic E-state index is 10.7. The zero-order chi connectivity index (χ0) is 9.52. The normalized spacial score (nSPS) is 10.2. The van der Waals surface area contributed by atoms with Gasteiger partial charge in [-0.15, -0.1) is 11.6 Å². The molecule has 0 spiro atoms. The highest BCUT2D eigenvalue weighted by molar-refractivity contribution is 6.27. The van der Waals surface area contributed by atoms with Gasteiger partial charge in [-0.3, -0.25) is 4.79 Å². The van der Waals surface area contributed by atoms with Crippen molar-refractivity contribution in [2.24, 2.45) is 0 Å². The summed E-state index contributed by atoms with van der Waals surface area (Å²) < 4.78 is 0. The molecule has 0 aromatic heterocycles. The van der Waals surface area contributed by atoms with Gasteiger partial charge in [0.2, 0.25) is 5.91 Å². The van der Waals surface area contributed by atoms with E-state index in [2.05, 4.69) is 5.32 Å². The lowest BCUT2D eigenvalue weighted by Crippen LogP contribution is -2.17. The first-order valence-electron chi connectivity index (χ1n) is 3.90. The molecule has 1 aromatic carbocycles. The van der Waals surface area contributed by atoms with Crippen molar-refractivity contribution in [2.45, 2.75) is 0 Å². The van der Waals surface area contributed by atoms with Crippen LogP contribution in [0.1, 0.15) is 5.56 Å². The van der Waals surface area contributed by atoms with Crippen LogP contribution in [-0.4, -0.2) is 11.8 Å². The van der Waals surface area contributed by atoms with E-state index < -0.39 is 0 Å². The highest BCUT2D eigenvalue weighted by Gasteiger charge is 1.91. The van der Waals surface area contributed by atoms with Crippen LogP contribution in [-0.2, 0) is 4.79 Å². The van der Waals surface area contributed by atoms with Crippen LogP contribution in [0.3, 0.4) is 0 Å². The molecule has 0 saturated heterocycles. The summed E-state index contributed by atoms with van der Waals surface area (Å²) in [5, 5.41) is 2.53. The monoisotopic (exact) mass is 195 g/mol. The van der Waals surface area contributed by atoms with Crippen molar-refractivity contribution in [1.82, 2.24) is 5.32 Å². The van der Waals surface area contributed by atoms with Crippen LogP contribution < -0.4 is 5.32 Å². The molecule has 0 atom stereocenters. The predicted molar refractivity (Wildman–Crippen MR) is 54.3 cm³/mol. The molecular weight excluding hydrogens is 186 g/mol. The molecule has 3 heteroatoms. The fourth-order valence-electron chi connectivity index (χ4n) is 0.834. The second-order valence-corrected chi connectivity index (χ2v) is 2.71. The molecule has 1 amide bonds. The van der Waals surface area contributed by atoms with Gasteiger partial charge in [-0.05, 0) is 11.6 Å². The van der Waals surface area contributed by atoms with E-state index in [1.807, 2.05) is 36.4 Å². The Balaban J connectivity index is 2.45. The van der Waals surface area contributed by atoms with E-state index in [-0.39, 0.29) is 11.8 Å². The van der Waals surface area contributed by atoms with Crippen molar-refractivity contribution in [2.75, 3.05) is 5.88 Å². The van der Waals surface area contributed by atoms with Crippen molar-refractivity contribution >= 4 is 23.6 Å². The third kappa shape index (κ3) is 3.76. The molecule has 1 aromatic rings. The number of amides is 1. The molecule has 0 aliphatic carbocycles. The molecule has 0 aliphatic rings. The molecule has 0 unspecified atom stereocenters. The summed E-state index contributed by atoms with van der Waals surface area (Å²) in [7, 11) is 0. The van der Waals surface area contributed by atoms with Gasteiger partial charge in [0.1, 0.15) is 5.88 Å². The average molecular weight is 196 g/mol. The molecule has 1 N–H and O–H groups in total. The number of carbonyl (C=O) groups excluding carboxylic acids is 1. The number of carbonyl (C=O) groups is 1. The fourth-order valence-corrected chi connectivity index (χ4v) is 0.911. The summed E-state index contributed by atoms with van der Waals surface area (Å²) in [6.07, 6.45) is 3.39. The summed E-state index contributed by atoms with van der Waals surface area (Å²) in [6.45, 7) is 0. The molecule has 0 heterocycles. The molecule has 0 bridgehead atoms. The van der Waals surface area contributed by atoms with Gasteiger partial charge in [0, 0.05) is 6.20 Å². The first-order chi connectivity index (χ1) is 6.33. The quantitative estimate of drug-likeness (QED) is 0.735. The lowest BCUT2D eigenvalue weighted by atomic mass is 10.2. The summed E-state index contributed by atoms with van der Waals surface area (Å²) in [4.78, 5) is 10.7. The molecule has 0 saturated carbocycles. The van der Waals surface area contributed by atoms with Gasteiger partial charge in [-0.25, -0.2) is 0 Å². The molecule has 0 aliphatic heterocycles. The summed E-state index contributed by atoms with van der Waals surface area (Å²) in [5.41, 5.74) is 1.04. The molecule has 1 rings (SSSR count). The van der Waals surface area contributed by atoms with Crippen LogP contribution in [0.5, 0.6) is 0 Å². The second kappa shape index (κ2) is 5.38. The van der Waals surface area contributed by atoms with Gasteiger partial charge in [-0.1, -0.05) is 30.3 Å². The molecule has 2 nitrogen and oxygen atoms in total. The van der Waals surface area contributed by atoms with Crippen molar-refractivity contribution in [3.8, 4) is 0 Å². The van der Waals surface area contributed by atoms with Crippen LogP contribution in [0.25, 0.3) is 6.08 Å². The minimum atomic E-state index is -0.200. The summed E-state index contributed by atoms with van der Waals surface area (Å²) in [5.74, 6) is -0.215. The third-order valence-electron chi connectivity index (χ3n) is 1.44. The van der Waals surface area contributed by atoms with E-state index >= 15 is 0 Å². The van der Waals surface area contributed by atoms with E-state index in [9.17, 15) is 4.79 Å². The van der Waals surface area contributed by atoms with E-state index in [1.54, 1.807) is 6.20 Å². The Hall–Kier alpha value is -1.28. The lowest BCUT2D eigenvalue weighted by molar-refractivity contribution is -0.117. The highest BCUT2D eigenvalue weighted by atomic mass is 35.5. The van der Waals surface area contributed by atoms with Gasteiger partial charge < -0.3 is 5.32 Å². The Morgan fingerprint density at radius 3 is 2.69 bits per heavy atom. The first-order valence-corrected chi connectivity index (χ1v) is 4.43. The van der Waals surface area contributed by atoms with Gasteiger partial charge in [-0.2, -0.15) is 0 Å². The number of hydrogen-bond acceptors (Lipinski definition) is 1. The van der Waals surface area contributed by atoms with Gasteiger partial charge in [0.25, 0.3) is 0 Å². The second-order valence-electron chi connectivity index (χ2n) is 2.45.